The lowest BCUT2D eigenvalue weighted by atomic mass is 10.00. The predicted octanol–water partition coefficient (Wildman–Crippen LogP) is 3.43. The molecule has 1 N–H and O–H groups in total. The molecule has 0 aliphatic carbocycles. The minimum atomic E-state index is -1.39. The van der Waals surface area contributed by atoms with Crippen molar-refractivity contribution >= 4 is 0 Å². The number of halogens is 1. The SMILES string of the molecule is O[C@H](c1ccccc1)[C@H](F)c1ccccc1. The molecule has 2 heteroatoms. The predicted molar refractivity (Wildman–Crippen MR) is 61.7 cm³/mol. The Morgan fingerprint density at radius 3 is 1.69 bits per heavy atom. The van der Waals surface area contributed by atoms with Crippen LogP contribution in [0.4, 0.5) is 4.39 Å². The number of benzene rings is 2. The van der Waals surface area contributed by atoms with Gasteiger partial charge in [-0.25, -0.2) is 4.39 Å². The van der Waals surface area contributed by atoms with E-state index in [4.69, 9.17) is 0 Å². The van der Waals surface area contributed by atoms with Gasteiger partial charge >= 0.3 is 0 Å². The highest BCUT2D eigenvalue weighted by molar-refractivity contribution is 5.24. The first-order valence-corrected chi connectivity index (χ1v) is 5.21. The van der Waals surface area contributed by atoms with Crippen molar-refractivity contribution in [1.29, 1.82) is 0 Å². The molecule has 0 bridgehead atoms. The lowest BCUT2D eigenvalue weighted by Crippen LogP contribution is -2.06. The van der Waals surface area contributed by atoms with Crippen LogP contribution in [0, 0.1) is 0 Å². The average molecular weight is 216 g/mol. The number of hydrogen-bond donors (Lipinski definition) is 1. The topological polar surface area (TPSA) is 20.2 Å². The van der Waals surface area contributed by atoms with Gasteiger partial charge in [-0.3, -0.25) is 0 Å². The number of rotatable bonds is 3. The monoisotopic (exact) mass is 216 g/mol. The van der Waals surface area contributed by atoms with E-state index in [-0.39, 0.29) is 0 Å². The van der Waals surface area contributed by atoms with E-state index < -0.39 is 12.3 Å². The summed E-state index contributed by atoms with van der Waals surface area (Å²) < 4.78 is 14.0. The van der Waals surface area contributed by atoms with Crippen molar-refractivity contribution < 1.29 is 9.50 Å². The third kappa shape index (κ3) is 2.28. The van der Waals surface area contributed by atoms with Crippen LogP contribution < -0.4 is 0 Å². The Morgan fingerprint density at radius 2 is 1.19 bits per heavy atom. The molecule has 82 valence electrons. The first-order valence-electron chi connectivity index (χ1n) is 5.21. The summed E-state index contributed by atoms with van der Waals surface area (Å²) in [6.45, 7) is 0. The minimum absolute atomic E-state index is 0.499. The van der Waals surface area contributed by atoms with E-state index in [1.165, 1.54) is 0 Å². The molecule has 0 aromatic heterocycles. The number of alkyl halides is 1. The van der Waals surface area contributed by atoms with Gasteiger partial charge in [-0.15, -0.1) is 0 Å². The number of aliphatic hydroxyl groups is 1. The maximum atomic E-state index is 14.0. The fraction of sp³-hybridized carbons (Fsp3) is 0.143. The van der Waals surface area contributed by atoms with Crippen molar-refractivity contribution in [3.63, 3.8) is 0 Å². The van der Waals surface area contributed by atoms with Crippen molar-refractivity contribution in [2.75, 3.05) is 0 Å². The lowest BCUT2D eigenvalue weighted by Gasteiger charge is -2.16. The Morgan fingerprint density at radius 1 is 0.750 bits per heavy atom. The Labute approximate surface area is 94.2 Å². The van der Waals surface area contributed by atoms with E-state index >= 15 is 0 Å². The van der Waals surface area contributed by atoms with Gasteiger partial charge in [-0.1, -0.05) is 60.7 Å². The summed E-state index contributed by atoms with van der Waals surface area (Å²) in [5, 5.41) is 9.87. The zero-order valence-corrected chi connectivity index (χ0v) is 8.75. The molecule has 0 radical (unpaired) electrons. The summed E-state index contributed by atoms with van der Waals surface area (Å²) in [4.78, 5) is 0. The molecular weight excluding hydrogens is 203 g/mol. The van der Waals surface area contributed by atoms with E-state index in [9.17, 15) is 9.50 Å². The number of hydrogen-bond acceptors (Lipinski definition) is 1. The highest BCUT2D eigenvalue weighted by atomic mass is 19.1. The van der Waals surface area contributed by atoms with E-state index in [0.717, 1.165) is 0 Å². The van der Waals surface area contributed by atoms with Gasteiger partial charge in [0.25, 0.3) is 0 Å². The summed E-state index contributed by atoms with van der Waals surface area (Å²) in [5.41, 5.74) is 1.10. The fourth-order valence-electron chi connectivity index (χ4n) is 1.64. The molecule has 0 saturated carbocycles. The van der Waals surface area contributed by atoms with Gasteiger partial charge in [0, 0.05) is 0 Å². The van der Waals surface area contributed by atoms with Gasteiger partial charge in [0.1, 0.15) is 6.10 Å². The lowest BCUT2D eigenvalue weighted by molar-refractivity contribution is 0.0775. The summed E-state index contributed by atoms with van der Waals surface area (Å²) >= 11 is 0. The van der Waals surface area contributed by atoms with Crippen molar-refractivity contribution in [2.45, 2.75) is 12.3 Å². The van der Waals surface area contributed by atoms with Crippen molar-refractivity contribution in [2.24, 2.45) is 0 Å². The van der Waals surface area contributed by atoms with Crippen LogP contribution in [0.1, 0.15) is 23.4 Å². The summed E-state index contributed by atoms with van der Waals surface area (Å²) in [6.07, 6.45) is -2.49. The Balaban J connectivity index is 2.20. The molecule has 0 spiro atoms. The third-order valence-corrected chi connectivity index (χ3v) is 2.54. The minimum Gasteiger partial charge on any atom is -0.385 e. The van der Waals surface area contributed by atoms with Crippen molar-refractivity contribution in [3.8, 4) is 0 Å². The van der Waals surface area contributed by atoms with Gasteiger partial charge in [0.05, 0.1) is 0 Å². The third-order valence-electron chi connectivity index (χ3n) is 2.54. The van der Waals surface area contributed by atoms with Crippen LogP contribution >= 0.6 is 0 Å². The quantitative estimate of drug-likeness (QED) is 0.833. The van der Waals surface area contributed by atoms with Crippen LogP contribution in [0.5, 0.6) is 0 Å². The first kappa shape index (κ1) is 10.8. The van der Waals surface area contributed by atoms with Crippen molar-refractivity contribution in [3.05, 3.63) is 71.8 Å². The highest BCUT2D eigenvalue weighted by Crippen LogP contribution is 2.31. The van der Waals surface area contributed by atoms with Gasteiger partial charge in [-0.2, -0.15) is 0 Å². The molecule has 0 saturated heterocycles. The Bertz CT molecular complexity index is 384. The first-order chi connectivity index (χ1) is 7.79. The zero-order chi connectivity index (χ0) is 11.4. The highest BCUT2D eigenvalue weighted by Gasteiger charge is 2.21. The van der Waals surface area contributed by atoms with Gasteiger partial charge < -0.3 is 5.11 Å². The molecule has 0 unspecified atom stereocenters. The molecule has 0 fully saturated rings. The summed E-state index contributed by atoms with van der Waals surface area (Å²) in [6, 6.07) is 17.6. The molecule has 2 rings (SSSR count). The molecule has 0 amide bonds. The van der Waals surface area contributed by atoms with Crippen LogP contribution in [-0.4, -0.2) is 5.11 Å². The fourth-order valence-corrected chi connectivity index (χ4v) is 1.64. The van der Waals surface area contributed by atoms with Gasteiger partial charge in [-0.05, 0) is 11.1 Å². The molecule has 16 heavy (non-hydrogen) atoms. The van der Waals surface area contributed by atoms with E-state index in [1.807, 2.05) is 12.1 Å². The molecule has 2 aromatic carbocycles. The summed E-state index contributed by atoms with van der Waals surface area (Å²) in [5.74, 6) is 0. The standard InChI is InChI=1S/C14H13FO/c15-13(11-7-3-1-4-8-11)14(16)12-9-5-2-6-10-12/h1-10,13-14,16H/t13-,14-/m1/s1. The average Bonchev–Trinajstić information content (AvgIpc) is 2.39. The maximum absolute atomic E-state index is 14.0. The van der Waals surface area contributed by atoms with Crippen molar-refractivity contribution in [1.82, 2.24) is 0 Å². The molecule has 0 aliphatic rings. The molecule has 2 atom stereocenters. The maximum Gasteiger partial charge on any atom is 0.155 e. The zero-order valence-electron chi connectivity index (χ0n) is 8.75. The molecule has 1 nitrogen and oxygen atoms in total. The van der Waals surface area contributed by atoms with E-state index in [0.29, 0.717) is 11.1 Å². The van der Waals surface area contributed by atoms with Gasteiger partial charge in [0.15, 0.2) is 6.17 Å². The second-order valence-electron chi connectivity index (χ2n) is 3.67. The van der Waals surface area contributed by atoms with Gasteiger partial charge in [0.2, 0.25) is 0 Å². The number of aliphatic hydroxyl groups excluding tert-OH is 1. The molecule has 2 aromatic rings. The second-order valence-corrected chi connectivity index (χ2v) is 3.67. The normalized spacial score (nSPS) is 14.4. The van der Waals surface area contributed by atoms with Crippen LogP contribution in [0.3, 0.4) is 0 Å². The molecular formula is C14H13FO. The largest absolute Gasteiger partial charge is 0.385 e. The summed E-state index contributed by atoms with van der Waals surface area (Å²) in [7, 11) is 0. The van der Waals surface area contributed by atoms with E-state index in [2.05, 4.69) is 0 Å². The van der Waals surface area contributed by atoms with Crippen LogP contribution in [0.2, 0.25) is 0 Å². The Kier molecular flexibility index (Phi) is 3.32. The second kappa shape index (κ2) is 4.90. The smallest absolute Gasteiger partial charge is 0.155 e. The van der Waals surface area contributed by atoms with E-state index in [1.54, 1.807) is 48.5 Å². The molecule has 0 aliphatic heterocycles. The van der Waals surface area contributed by atoms with Crippen LogP contribution in [0.25, 0.3) is 0 Å². The van der Waals surface area contributed by atoms with Crippen LogP contribution in [0.15, 0.2) is 60.7 Å². The Hall–Kier alpha value is -1.67. The van der Waals surface area contributed by atoms with Crippen LogP contribution in [-0.2, 0) is 0 Å². The molecule has 0 heterocycles.